The Kier molecular flexibility index (Phi) is 5.82. The van der Waals surface area contributed by atoms with Crippen LogP contribution in [0.15, 0.2) is 66.7 Å². The van der Waals surface area contributed by atoms with Gasteiger partial charge in [0.05, 0.1) is 16.6 Å². The van der Waals surface area contributed by atoms with Crippen molar-refractivity contribution in [3.8, 4) is 0 Å². The zero-order valence-corrected chi connectivity index (χ0v) is 20.8. The van der Waals surface area contributed by atoms with Gasteiger partial charge >= 0.3 is 0 Å². The van der Waals surface area contributed by atoms with Gasteiger partial charge in [-0.2, -0.15) is 0 Å². The Bertz CT molecular complexity index is 1430. The highest BCUT2D eigenvalue weighted by atomic mass is 16.2. The van der Waals surface area contributed by atoms with Crippen LogP contribution in [0.1, 0.15) is 42.3 Å². The van der Waals surface area contributed by atoms with Gasteiger partial charge < -0.3 is 20.5 Å². The molecular formula is C30H31N5O. The number of aromatic amines is 1. The number of piperidine rings is 1. The average molecular weight is 478 g/mol. The molecule has 0 aliphatic carbocycles. The number of nitrogens with zero attached hydrogens (tertiary/aromatic N) is 2. The molecule has 182 valence electrons. The van der Waals surface area contributed by atoms with E-state index in [0.717, 1.165) is 71.6 Å². The maximum Gasteiger partial charge on any atom is 0.257 e. The number of benzene rings is 3. The second-order valence-electron chi connectivity index (χ2n) is 9.79. The second-order valence-corrected chi connectivity index (χ2v) is 9.79. The molecule has 0 atom stereocenters. The number of hydrogen-bond donors (Lipinski definition) is 3. The van der Waals surface area contributed by atoms with Gasteiger partial charge in [0.2, 0.25) is 0 Å². The minimum atomic E-state index is -0.102. The SMILES string of the molecule is CCN1CCC(Nc2ccc3c(c2)/C(=C(\c2ccc(C)cc2)c2nc4ccccc4[nH]2)C(=O)N3)CC1. The molecule has 0 bridgehead atoms. The number of carbonyl (C=O) groups excluding carboxylic acids is 1. The van der Waals surface area contributed by atoms with Crippen LogP contribution < -0.4 is 10.6 Å². The largest absolute Gasteiger partial charge is 0.382 e. The first-order chi connectivity index (χ1) is 17.6. The van der Waals surface area contributed by atoms with Crippen LogP contribution in [0.25, 0.3) is 22.2 Å². The Morgan fingerprint density at radius 1 is 1.06 bits per heavy atom. The maximum absolute atomic E-state index is 13.4. The molecule has 2 aliphatic rings. The van der Waals surface area contributed by atoms with Crippen molar-refractivity contribution in [3.63, 3.8) is 0 Å². The van der Waals surface area contributed by atoms with Gasteiger partial charge in [0.1, 0.15) is 5.82 Å². The van der Waals surface area contributed by atoms with E-state index in [-0.39, 0.29) is 5.91 Å². The van der Waals surface area contributed by atoms with Gasteiger partial charge in [0, 0.05) is 41.6 Å². The van der Waals surface area contributed by atoms with Crippen LogP contribution in [0, 0.1) is 6.92 Å². The molecule has 0 spiro atoms. The minimum Gasteiger partial charge on any atom is -0.382 e. The third kappa shape index (κ3) is 4.18. The molecule has 6 heteroatoms. The van der Waals surface area contributed by atoms with Crippen molar-refractivity contribution < 1.29 is 4.79 Å². The number of rotatable bonds is 5. The van der Waals surface area contributed by atoms with Crippen molar-refractivity contribution in [2.75, 3.05) is 30.3 Å². The van der Waals surface area contributed by atoms with Gasteiger partial charge in [-0.05, 0) is 62.2 Å². The summed E-state index contributed by atoms with van der Waals surface area (Å²) in [5, 5.41) is 6.81. The first-order valence-electron chi connectivity index (χ1n) is 12.8. The number of aromatic nitrogens is 2. The number of fused-ring (bicyclic) bond motifs is 2. The smallest absolute Gasteiger partial charge is 0.257 e. The standard InChI is InChI=1S/C30H31N5O/c1-3-35-16-14-21(15-17-35)31-22-12-13-24-23(18-22)28(30(36)34-24)27(20-10-8-19(2)9-11-20)29-32-25-6-4-5-7-26(25)33-29/h4-13,18,21,31H,3,14-17H2,1-2H3,(H,32,33)(H,34,36)/b28-27-. The monoisotopic (exact) mass is 477 g/mol. The van der Waals surface area contributed by atoms with Crippen molar-refractivity contribution in [1.29, 1.82) is 0 Å². The van der Waals surface area contributed by atoms with Crippen molar-refractivity contribution >= 4 is 39.5 Å². The molecule has 1 fully saturated rings. The Morgan fingerprint density at radius 2 is 1.83 bits per heavy atom. The van der Waals surface area contributed by atoms with Crippen LogP contribution in [0.2, 0.25) is 0 Å². The van der Waals surface area contributed by atoms with E-state index in [1.165, 1.54) is 5.56 Å². The molecule has 6 nitrogen and oxygen atoms in total. The molecule has 1 aromatic heterocycles. The summed E-state index contributed by atoms with van der Waals surface area (Å²) in [6.45, 7) is 7.64. The lowest BCUT2D eigenvalue weighted by atomic mass is 9.94. The highest BCUT2D eigenvalue weighted by molar-refractivity contribution is 6.38. The maximum atomic E-state index is 13.4. The summed E-state index contributed by atoms with van der Waals surface area (Å²) in [6.07, 6.45) is 2.25. The van der Waals surface area contributed by atoms with E-state index in [0.29, 0.717) is 17.4 Å². The number of carbonyl (C=O) groups is 1. The molecule has 0 saturated carbocycles. The highest BCUT2D eigenvalue weighted by Gasteiger charge is 2.30. The molecule has 0 radical (unpaired) electrons. The van der Waals surface area contributed by atoms with Crippen LogP contribution in [-0.4, -0.2) is 46.5 Å². The molecule has 0 unspecified atom stereocenters. The Balaban J connectivity index is 1.45. The summed E-state index contributed by atoms with van der Waals surface area (Å²) in [4.78, 5) is 24.3. The van der Waals surface area contributed by atoms with E-state index < -0.39 is 0 Å². The average Bonchev–Trinajstić information content (AvgIpc) is 3.46. The van der Waals surface area contributed by atoms with Crippen molar-refractivity contribution in [3.05, 3.63) is 89.2 Å². The van der Waals surface area contributed by atoms with Gasteiger partial charge in [-0.25, -0.2) is 4.98 Å². The predicted molar refractivity (Wildman–Crippen MR) is 147 cm³/mol. The summed E-state index contributed by atoms with van der Waals surface area (Å²) in [6, 6.07) is 22.9. The van der Waals surface area contributed by atoms with E-state index in [1.54, 1.807) is 0 Å². The van der Waals surface area contributed by atoms with Gasteiger partial charge in [0.25, 0.3) is 5.91 Å². The lowest BCUT2D eigenvalue weighted by Crippen LogP contribution is -2.38. The normalized spacial score (nSPS) is 17.8. The number of para-hydroxylation sites is 2. The highest BCUT2D eigenvalue weighted by Crippen LogP contribution is 2.41. The molecule has 3 N–H and O–H groups in total. The molecule has 3 heterocycles. The van der Waals surface area contributed by atoms with Gasteiger partial charge in [-0.1, -0.05) is 48.9 Å². The fourth-order valence-electron chi connectivity index (χ4n) is 5.33. The summed E-state index contributed by atoms with van der Waals surface area (Å²) < 4.78 is 0. The minimum absolute atomic E-state index is 0.102. The number of anilines is 2. The van der Waals surface area contributed by atoms with Crippen LogP contribution in [-0.2, 0) is 4.79 Å². The third-order valence-corrected chi connectivity index (χ3v) is 7.39. The zero-order chi connectivity index (χ0) is 24.6. The fraction of sp³-hybridized carbons (Fsp3) is 0.267. The molecule has 1 saturated heterocycles. The molecule has 4 aromatic rings. The number of aryl methyl sites for hydroxylation is 1. The first-order valence-corrected chi connectivity index (χ1v) is 12.8. The van der Waals surface area contributed by atoms with Crippen molar-refractivity contribution in [2.24, 2.45) is 0 Å². The molecule has 6 rings (SSSR count). The number of nitrogens with one attached hydrogen (secondary N) is 3. The van der Waals surface area contributed by atoms with Crippen LogP contribution in [0.3, 0.4) is 0 Å². The first kappa shape index (κ1) is 22.6. The van der Waals surface area contributed by atoms with Gasteiger partial charge in [0.15, 0.2) is 0 Å². The number of hydrogen-bond acceptors (Lipinski definition) is 4. The van der Waals surface area contributed by atoms with E-state index in [2.05, 4.69) is 70.8 Å². The van der Waals surface area contributed by atoms with Crippen LogP contribution >= 0.6 is 0 Å². The van der Waals surface area contributed by atoms with Gasteiger partial charge in [-0.15, -0.1) is 0 Å². The third-order valence-electron chi connectivity index (χ3n) is 7.39. The summed E-state index contributed by atoms with van der Waals surface area (Å²) in [5.41, 5.74) is 8.22. The quantitative estimate of drug-likeness (QED) is 0.324. The Labute approximate surface area is 211 Å². The zero-order valence-electron chi connectivity index (χ0n) is 20.8. The van der Waals surface area contributed by atoms with Crippen molar-refractivity contribution in [2.45, 2.75) is 32.7 Å². The van der Waals surface area contributed by atoms with E-state index in [4.69, 9.17) is 4.98 Å². The second kappa shape index (κ2) is 9.28. The molecule has 1 amide bonds. The Hall–Kier alpha value is -3.90. The molecule has 2 aliphatic heterocycles. The van der Waals surface area contributed by atoms with Crippen LogP contribution in [0.5, 0.6) is 0 Å². The summed E-state index contributed by atoms with van der Waals surface area (Å²) in [7, 11) is 0. The summed E-state index contributed by atoms with van der Waals surface area (Å²) in [5.74, 6) is 0.595. The van der Waals surface area contributed by atoms with Crippen LogP contribution in [0.4, 0.5) is 11.4 Å². The molecular weight excluding hydrogens is 446 g/mol. The number of H-pyrrole nitrogens is 1. The number of amides is 1. The Morgan fingerprint density at radius 3 is 2.58 bits per heavy atom. The van der Waals surface area contributed by atoms with E-state index in [9.17, 15) is 4.79 Å². The number of likely N-dealkylation sites (tertiary alicyclic amines) is 1. The topological polar surface area (TPSA) is 73.0 Å². The fourth-order valence-corrected chi connectivity index (χ4v) is 5.33. The number of imidazole rings is 1. The molecule has 3 aromatic carbocycles. The lowest BCUT2D eigenvalue weighted by Gasteiger charge is -2.32. The van der Waals surface area contributed by atoms with Gasteiger partial charge in [-0.3, -0.25) is 4.79 Å². The van der Waals surface area contributed by atoms with E-state index in [1.807, 2.05) is 30.3 Å². The summed E-state index contributed by atoms with van der Waals surface area (Å²) >= 11 is 0. The predicted octanol–water partition coefficient (Wildman–Crippen LogP) is 5.68. The van der Waals surface area contributed by atoms with E-state index >= 15 is 0 Å². The van der Waals surface area contributed by atoms with Crippen molar-refractivity contribution in [1.82, 2.24) is 14.9 Å². The molecule has 36 heavy (non-hydrogen) atoms. The lowest BCUT2D eigenvalue weighted by molar-refractivity contribution is -0.110.